The lowest BCUT2D eigenvalue weighted by molar-refractivity contribution is 0.671. The van der Waals surface area contributed by atoms with E-state index in [1.54, 1.807) is 0 Å². The maximum Gasteiger partial charge on any atom is 0.0223 e. The van der Waals surface area contributed by atoms with Crippen LogP contribution in [0, 0.1) is 13.8 Å². The Morgan fingerprint density at radius 1 is 1.38 bits per heavy atom. The van der Waals surface area contributed by atoms with Crippen LogP contribution in [0.25, 0.3) is 0 Å². The first-order valence-electron chi connectivity index (χ1n) is 4.99. The Morgan fingerprint density at radius 2 is 2.08 bits per heavy atom. The van der Waals surface area contributed by atoms with Crippen LogP contribution in [0.1, 0.15) is 30.3 Å². The van der Waals surface area contributed by atoms with Crippen molar-refractivity contribution in [3.05, 3.63) is 23.0 Å². The summed E-state index contributed by atoms with van der Waals surface area (Å²) < 4.78 is 2.24. The van der Waals surface area contributed by atoms with Crippen molar-refractivity contribution in [1.29, 1.82) is 0 Å². The lowest BCUT2D eigenvalue weighted by atomic mass is 10.2. The molecule has 1 rings (SSSR count). The van der Waals surface area contributed by atoms with Crippen LogP contribution in [0.5, 0.6) is 0 Å². The highest BCUT2D eigenvalue weighted by Gasteiger charge is 2.04. The third-order valence-corrected chi connectivity index (χ3v) is 2.62. The van der Waals surface area contributed by atoms with E-state index in [0.29, 0.717) is 0 Å². The molecule has 13 heavy (non-hydrogen) atoms. The molecule has 1 aromatic rings. The minimum absolute atomic E-state index is 1.00. The Bertz CT molecular complexity index is 274. The molecule has 1 N–H and O–H groups in total. The fourth-order valence-corrected chi connectivity index (χ4v) is 1.51. The van der Waals surface area contributed by atoms with Gasteiger partial charge in [-0.2, -0.15) is 0 Å². The van der Waals surface area contributed by atoms with Gasteiger partial charge in [0.2, 0.25) is 0 Å². The highest BCUT2D eigenvalue weighted by molar-refractivity contribution is 5.26. The van der Waals surface area contributed by atoms with Gasteiger partial charge in [-0.25, -0.2) is 0 Å². The van der Waals surface area contributed by atoms with Gasteiger partial charge in [-0.1, -0.05) is 6.92 Å². The molecule has 0 saturated carbocycles. The third-order valence-electron chi connectivity index (χ3n) is 2.62. The van der Waals surface area contributed by atoms with E-state index < -0.39 is 0 Å². The van der Waals surface area contributed by atoms with Crippen molar-refractivity contribution in [3.63, 3.8) is 0 Å². The lowest BCUT2D eigenvalue weighted by Crippen LogP contribution is -2.14. The minimum atomic E-state index is 1.00. The van der Waals surface area contributed by atoms with Gasteiger partial charge in [0.05, 0.1) is 0 Å². The van der Waals surface area contributed by atoms with E-state index in [0.717, 1.165) is 13.1 Å². The van der Waals surface area contributed by atoms with Gasteiger partial charge in [0.1, 0.15) is 0 Å². The molecular weight excluding hydrogens is 160 g/mol. The first kappa shape index (κ1) is 10.3. The Balaban J connectivity index is 2.61. The number of hydrogen-bond acceptors (Lipinski definition) is 1. The summed E-state index contributed by atoms with van der Waals surface area (Å²) in [5.41, 5.74) is 4.14. The summed E-state index contributed by atoms with van der Waals surface area (Å²) in [5, 5.41) is 3.42. The molecule has 0 aliphatic carbocycles. The summed E-state index contributed by atoms with van der Waals surface area (Å²) in [4.78, 5) is 0. The average molecular weight is 180 g/mol. The molecule has 0 radical (unpaired) electrons. The standard InChI is InChI=1S/C11H20N2/c1-5-6-12-8-11-7-9(2)13(4)10(11)3/h7,12H,5-6,8H2,1-4H3. The topological polar surface area (TPSA) is 17.0 Å². The third kappa shape index (κ3) is 2.34. The van der Waals surface area contributed by atoms with Crippen LogP contribution in [-0.4, -0.2) is 11.1 Å². The predicted molar refractivity (Wildman–Crippen MR) is 56.9 cm³/mol. The summed E-state index contributed by atoms with van der Waals surface area (Å²) in [6.07, 6.45) is 1.20. The average Bonchev–Trinajstić information content (AvgIpc) is 2.34. The molecule has 0 amide bonds. The summed E-state index contributed by atoms with van der Waals surface area (Å²) in [6.45, 7) is 8.62. The molecule has 2 heteroatoms. The van der Waals surface area contributed by atoms with Crippen molar-refractivity contribution in [3.8, 4) is 0 Å². The number of aromatic nitrogens is 1. The molecule has 0 aliphatic heterocycles. The van der Waals surface area contributed by atoms with Gasteiger partial charge in [-0.3, -0.25) is 0 Å². The zero-order valence-electron chi connectivity index (χ0n) is 9.15. The summed E-state index contributed by atoms with van der Waals surface area (Å²) in [5.74, 6) is 0. The van der Waals surface area contributed by atoms with Crippen LogP contribution in [0.4, 0.5) is 0 Å². The second kappa shape index (κ2) is 4.47. The monoisotopic (exact) mass is 180 g/mol. The second-order valence-corrected chi connectivity index (χ2v) is 3.63. The van der Waals surface area contributed by atoms with Crippen molar-refractivity contribution < 1.29 is 0 Å². The van der Waals surface area contributed by atoms with E-state index in [1.165, 1.54) is 23.4 Å². The number of rotatable bonds is 4. The summed E-state index contributed by atoms with van der Waals surface area (Å²) in [7, 11) is 2.12. The van der Waals surface area contributed by atoms with E-state index in [1.807, 2.05) is 0 Å². The molecule has 2 nitrogen and oxygen atoms in total. The summed E-state index contributed by atoms with van der Waals surface area (Å²) in [6, 6.07) is 2.26. The van der Waals surface area contributed by atoms with Crippen molar-refractivity contribution >= 4 is 0 Å². The van der Waals surface area contributed by atoms with Crippen LogP contribution in [-0.2, 0) is 13.6 Å². The predicted octanol–water partition coefficient (Wildman–Crippen LogP) is 2.14. The van der Waals surface area contributed by atoms with Gasteiger partial charge in [-0.05, 0) is 38.4 Å². The molecule has 0 fully saturated rings. The number of nitrogens with zero attached hydrogens (tertiary/aromatic N) is 1. The van der Waals surface area contributed by atoms with Crippen LogP contribution < -0.4 is 5.32 Å². The molecule has 0 aromatic carbocycles. The van der Waals surface area contributed by atoms with Crippen LogP contribution in [0.15, 0.2) is 6.07 Å². The van der Waals surface area contributed by atoms with Gasteiger partial charge < -0.3 is 9.88 Å². The Kier molecular flexibility index (Phi) is 3.55. The van der Waals surface area contributed by atoms with E-state index in [4.69, 9.17) is 0 Å². The van der Waals surface area contributed by atoms with Gasteiger partial charge >= 0.3 is 0 Å². The van der Waals surface area contributed by atoms with E-state index in [9.17, 15) is 0 Å². The van der Waals surface area contributed by atoms with Crippen molar-refractivity contribution in [2.75, 3.05) is 6.54 Å². The SMILES string of the molecule is CCCNCc1cc(C)n(C)c1C. The van der Waals surface area contributed by atoms with Crippen LogP contribution >= 0.6 is 0 Å². The van der Waals surface area contributed by atoms with Gasteiger partial charge in [0, 0.05) is 25.0 Å². The zero-order chi connectivity index (χ0) is 9.84. The molecule has 0 bridgehead atoms. The maximum absolute atomic E-state index is 3.42. The smallest absolute Gasteiger partial charge is 0.0223 e. The van der Waals surface area contributed by atoms with Crippen molar-refractivity contribution in [2.45, 2.75) is 33.7 Å². The normalized spacial score (nSPS) is 10.8. The Labute approximate surface area is 81.0 Å². The molecule has 74 valence electrons. The highest BCUT2D eigenvalue weighted by Crippen LogP contribution is 2.12. The molecular formula is C11H20N2. The van der Waals surface area contributed by atoms with E-state index >= 15 is 0 Å². The first-order chi connectivity index (χ1) is 6.16. The Hall–Kier alpha value is -0.760. The molecule has 1 heterocycles. The Morgan fingerprint density at radius 3 is 2.54 bits per heavy atom. The van der Waals surface area contributed by atoms with Crippen LogP contribution in [0.2, 0.25) is 0 Å². The molecule has 0 spiro atoms. The fourth-order valence-electron chi connectivity index (χ4n) is 1.51. The molecule has 1 aromatic heterocycles. The highest BCUT2D eigenvalue weighted by atomic mass is 15.0. The maximum atomic E-state index is 3.42. The number of aryl methyl sites for hydroxylation is 1. The van der Waals surface area contributed by atoms with Crippen LogP contribution in [0.3, 0.4) is 0 Å². The van der Waals surface area contributed by atoms with Gasteiger partial charge in [0.15, 0.2) is 0 Å². The molecule has 0 atom stereocenters. The number of hydrogen-bond donors (Lipinski definition) is 1. The number of nitrogens with one attached hydrogen (secondary N) is 1. The van der Waals surface area contributed by atoms with E-state index in [-0.39, 0.29) is 0 Å². The molecule has 0 aliphatic rings. The minimum Gasteiger partial charge on any atom is -0.352 e. The fraction of sp³-hybridized carbons (Fsp3) is 0.636. The largest absolute Gasteiger partial charge is 0.352 e. The summed E-state index contributed by atoms with van der Waals surface area (Å²) >= 11 is 0. The van der Waals surface area contributed by atoms with Crippen molar-refractivity contribution in [1.82, 2.24) is 9.88 Å². The van der Waals surface area contributed by atoms with Gasteiger partial charge in [0.25, 0.3) is 0 Å². The quantitative estimate of drug-likeness (QED) is 0.702. The zero-order valence-corrected chi connectivity index (χ0v) is 9.15. The molecule has 0 saturated heterocycles. The van der Waals surface area contributed by atoms with Gasteiger partial charge in [-0.15, -0.1) is 0 Å². The lowest BCUT2D eigenvalue weighted by Gasteiger charge is -2.03. The second-order valence-electron chi connectivity index (χ2n) is 3.63. The first-order valence-corrected chi connectivity index (χ1v) is 4.99. The van der Waals surface area contributed by atoms with E-state index in [2.05, 4.69) is 43.8 Å². The van der Waals surface area contributed by atoms with Crippen molar-refractivity contribution in [2.24, 2.45) is 7.05 Å². The molecule has 0 unspecified atom stereocenters.